The lowest BCUT2D eigenvalue weighted by Gasteiger charge is -2.34. The Morgan fingerprint density at radius 3 is 2.29 bits per heavy atom. The number of hydrogen-bond donors (Lipinski definition) is 1. The van der Waals surface area contributed by atoms with Crippen molar-refractivity contribution >= 4 is 23.2 Å². The van der Waals surface area contributed by atoms with Crippen LogP contribution in [0.25, 0.3) is 0 Å². The maximum atomic E-state index is 6.07. The molecule has 1 fully saturated rings. The van der Waals surface area contributed by atoms with Gasteiger partial charge in [0.05, 0.1) is 0 Å². The zero-order valence-electron chi connectivity index (χ0n) is 10.0. The third-order valence-electron chi connectivity index (χ3n) is 3.25. The van der Waals surface area contributed by atoms with Gasteiger partial charge in [0.25, 0.3) is 0 Å². The van der Waals surface area contributed by atoms with Crippen molar-refractivity contribution in [2.75, 3.05) is 26.2 Å². The van der Waals surface area contributed by atoms with Crippen molar-refractivity contribution in [2.45, 2.75) is 19.4 Å². The van der Waals surface area contributed by atoms with Crippen LogP contribution in [0.3, 0.4) is 0 Å². The molecule has 0 amide bonds. The third kappa shape index (κ3) is 3.35. The number of piperazine rings is 1. The molecule has 1 aromatic carbocycles. The van der Waals surface area contributed by atoms with E-state index >= 15 is 0 Å². The van der Waals surface area contributed by atoms with Gasteiger partial charge in [-0.2, -0.15) is 0 Å². The van der Waals surface area contributed by atoms with E-state index in [-0.39, 0.29) is 0 Å². The number of hydrogen-bond acceptors (Lipinski definition) is 2. The molecule has 17 heavy (non-hydrogen) atoms. The van der Waals surface area contributed by atoms with Crippen LogP contribution in [0, 0.1) is 0 Å². The molecule has 0 bridgehead atoms. The predicted molar refractivity (Wildman–Crippen MR) is 73.9 cm³/mol. The Labute approximate surface area is 113 Å². The van der Waals surface area contributed by atoms with Crippen LogP contribution in [0.4, 0.5) is 0 Å². The predicted octanol–water partition coefficient (Wildman–Crippen LogP) is 3.35. The summed E-state index contributed by atoms with van der Waals surface area (Å²) in [6, 6.07) is 6.28. The second kappa shape index (κ2) is 6.05. The lowest BCUT2D eigenvalue weighted by molar-refractivity contribution is 0.169. The molecule has 1 heterocycles. The first-order valence-electron chi connectivity index (χ1n) is 6.11. The Morgan fingerprint density at radius 2 is 1.76 bits per heavy atom. The Bertz CT molecular complexity index is 355. The van der Waals surface area contributed by atoms with E-state index in [0.29, 0.717) is 6.04 Å². The standard InChI is InChI=1S/C13H18Cl2N2/c1-2-13(17-5-3-16-4-6-17)10-7-11(14)9-12(15)8-10/h7-9,13,16H,2-6H2,1H3/t13-/m0/s1. The number of halogens is 2. The third-order valence-corrected chi connectivity index (χ3v) is 3.69. The summed E-state index contributed by atoms with van der Waals surface area (Å²) in [5.41, 5.74) is 1.23. The highest BCUT2D eigenvalue weighted by Crippen LogP contribution is 2.29. The Balaban J connectivity index is 2.21. The molecule has 2 rings (SSSR count). The zero-order valence-corrected chi connectivity index (χ0v) is 11.6. The second-order valence-corrected chi connectivity index (χ2v) is 5.29. The van der Waals surface area contributed by atoms with Gasteiger partial charge in [0.2, 0.25) is 0 Å². The molecular formula is C13H18Cl2N2. The molecule has 2 nitrogen and oxygen atoms in total. The molecule has 1 aliphatic heterocycles. The maximum absolute atomic E-state index is 6.07. The van der Waals surface area contributed by atoms with Crippen LogP contribution in [0.2, 0.25) is 10.0 Å². The summed E-state index contributed by atoms with van der Waals surface area (Å²) in [7, 11) is 0. The first kappa shape index (κ1) is 13.2. The van der Waals surface area contributed by atoms with Crippen molar-refractivity contribution in [2.24, 2.45) is 0 Å². The van der Waals surface area contributed by atoms with Crippen LogP contribution in [0.1, 0.15) is 24.9 Å². The normalized spacial score (nSPS) is 19.2. The highest BCUT2D eigenvalue weighted by Gasteiger charge is 2.20. The minimum atomic E-state index is 0.424. The summed E-state index contributed by atoms with van der Waals surface area (Å²) in [4.78, 5) is 2.50. The molecular weight excluding hydrogens is 255 g/mol. The van der Waals surface area contributed by atoms with Gasteiger partial charge in [-0.25, -0.2) is 0 Å². The number of nitrogens with one attached hydrogen (secondary N) is 1. The van der Waals surface area contributed by atoms with Gasteiger partial charge in [-0.3, -0.25) is 4.90 Å². The summed E-state index contributed by atoms with van der Waals surface area (Å²) in [6.07, 6.45) is 1.08. The summed E-state index contributed by atoms with van der Waals surface area (Å²) in [6.45, 7) is 6.50. The van der Waals surface area contributed by atoms with E-state index in [0.717, 1.165) is 42.6 Å². The summed E-state index contributed by atoms with van der Waals surface area (Å²) in [5, 5.41) is 4.82. The fraction of sp³-hybridized carbons (Fsp3) is 0.538. The van der Waals surface area contributed by atoms with Crippen molar-refractivity contribution in [1.82, 2.24) is 10.2 Å². The van der Waals surface area contributed by atoms with Gasteiger partial charge >= 0.3 is 0 Å². The lowest BCUT2D eigenvalue weighted by Crippen LogP contribution is -2.45. The van der Waals surface area contributed by atoms with Crippen molar-refractivity contribution in [1.29, 1.82) is 0 Å². The van der Waals surface area contributed by atoms with Crippen molar-refractivity contribution in [3.63, 3.8) is 0 Å². The van der Waals surface area contributed by atoms with Crippen molar-refractivity contribution < 1.29 is 0 Å². The smallest absolute Gasteiger partial charge is 0.0424 e. The molecule has 1 aromatic rings. The highest BCUT2D eigenvalue weighted by molar-refractivity contribution is 6.34. The first-order valence-corrected chi connectivity index (χ1v) is 6.87. The van der Waals surface area contributed by atoms with Gasteiger partial charge in [-0.1, -0.05) is 30.1 Å². The number of nitrogens with zero attached hydrogens (tertiary/aromatic N) is 1. The second-order valence-electron chi connectivity index (χ2n) is 4.41. The van der Waals surface area contributed by atoms with E-state index in [2.05, 4.69) is 17.1 Å². The SMILES string of the molecule is CC[C@@H](c1cc(Cl)cc(Cl)c1)N1CCNCC1. The van der Waals surface area contributed by atoms with Gasteiger partial charge in [-0.15, -0.1) is 0 Å². The van der Waals surface area contributed by atoms with Gasteiger partial charge in [0, 0.05) is 42.3 Å². The molecule has 0 aliphatic carbocycles. The largest absolute Gasteiger partial charge is 0.314 e. The van der Waals surface area contributed by atoms with E-state index in [1.807, 2.05) is 12.1 Å². The molecule has 4 heteroatoms. The molecule has 0 saturated carbocycles. The van der Waals surface area contributed by atoms with Crippen LogP contribution in [-0.2, 0) is 0 Å². The molecule has 0 spiro atoms. The Morgan fingerprint density at radius 1 is 1.18 bits per heavy atom. The van der Waals surface area contributed by atoms with Gasteiger partial charge in [0.15, 0.2) is 0 Å². The van der Waals surface area contributed by atoms with Crippen LogP contribution >= 0.6 is 23.2 Å². The molecule has 94 valence electrons. The average Bonchev–Trinajstić information content (AvgIpc) is 2.30. The van der Waals surface area contributed by atoms with E-state index in [4.69, 9.17) is 23.2 Å². The van der Waals surface area contributed by atoms with E-state index in [1.165, 1.54) is 5.56 Å². The summed E-state index contributed by atoms with van der Waals surface area (Å²) < 4.78 is 0. The molecule has 1 saturated heterocycles. The number of rotatable bonds is 3. The fourth-order valence-electron chi connectivity index (χ4n) is 2.47. The zero-order chi connectivity index (χ0) is 12.3. The Kier molecular flexibility index (Phi) is 4.69. The molecule has 0 unspecified atom stereocenters. The van der Waals surface area contributed by atoms with Crippen molar-refractivity contribution in [3.05, 3.63) is 33.8 Å². The van der Waals surface area contributed by atoms with Gasteiger partial charge < -0.3 is 5.32 Å². The molecule has 0 radical (unpaired) electrons. The summed E-state index contributed by atoms with van der Waals surface area (Å²) in [5.74, 6) is 0. The van der Waals surface area contributed by atoms with Crippen LogP contribution in [0.5, 0.6) is 0 Å². The van der Waals surface area contributed by atoms with Gasteiger partial charge in [-0.05, 0) is 30.2 Å². The average molecular weight is 273 g/mol. The van der Waals surface area contributed by atoms with E-state index in [9.17, 15) is 0 Å². The lowest BCUT2D eigenvalue weighted by atomic mass is 10.0. The fourth-order valence-corrected chi connectivity index (χ4v) is 3.01. The van der Waals surface area contributed by atoms with Crippen LogP contribution < -0.4 is 5.32 Å². The summed E-state index contributed by atoms with van der Waals surface area (Å²) >= 11 is 12.1. The van der Waals surface area contributed by atoms with Gasteiger partial charge in [0.1, 0.15) is 0 Å². The Hall–Kier alpha value is -0.280. The topological polar surface area (TPSA) is 15.3 Å². The number of benzene rings is 1. The molecule has 1 atom stereocenters. The molecule has 0 aromatic heterocycles. The van der Waals surface area contributed by atoms with Crippen molar-refractivity contribution in [3.8, 4) is 0 Å². The molecule has 1 N–H and O–H groups in total. The molecule has 1 aliphatic rings. The maximum Gasteiger partial charge on any atom is 0.0424 e. The minimum absolute atomic E-state index is 0.424. The minimum Gasteiger partial charge on any atom is -0.314 e. The first-order chi connectivity index (χ1) is 8.20. The van der Waals surface area contributed by atoms with E-state index in [1.54, 1.807) is 6.07 Å². The quantitative estimate of drug-likeness (QED) is 0.908. The van der Waals surface area contributed by atoms with Crippen LogP contribution in [0.15, 0.2) is 18.2 Å². The monoisotopic (exact) mass is 272 g/mol. The van der Waals surface area contributed by atoms with Crippen LogP contribution in [-0.4, -0.2) is 31.1 Å². The van der Waals surface area contributed by atoms with E-state index < -0.39 is 0 Å². The highest BCUT2D eigenvalue weighted by atomic mass is 35.5.